The van der Waals surface area contributed by atoms with Crippen molar-refractivity contribution >= 4 is 34.8 Å². The highest BCUT2D eigenvalue weighted by Crippen LogP contribution is 2.31. The molecule has 0 aliphatic heterocycles. The fourth-order valence-corrected chi connectivity index (χ4v) is 2.23. The fourth-order valence-electron chi connectivity index (χ4n) is 1.88. The summed E-state index contributed by atoms with van der Waals surface area (Å²) in [5, 5.41) is 3.40. The zero-order chi connectivity index (χ0) is 16.1. The lowest BCUT2D eigenvalue weighted by Crippen LogP contribution is -2.12. The second-order valence-corrected chi connectivity index (χ2v) is 5.14. The first-order valence-corrected chi connectivity index (χ1v) is 7.38. The van der Waals surface area contributed by atoms with Gasteiger partial charge >= 0.3 is 0 Å². The summed E-state index contributed by atoms with van der Waals surface area (Å²) in [6, 6.07) is 10.00. The van der Waals surface area contributed by atoms with Gasteiger partial charge in [0.1, 0.15) is 0 Å². The van der Waals surface area contributed by atoms with E-state index in [4.69, 9.17) is 32.7 Å². The third-order valence-corrected chi connectivity index (χ3v) is 3.74. The van der Waals surface area contributed by atoms with E-state index >= 15 is 0 Å². The summed E-state index contributed by atoms with van der Waals surface area (Å²) in [5.41, 5.74) is 0.878. The molecule has 116 valence electrons. The highest BCUT2D eigenvalue weighted by atomic mass is 35.5. The maximum absolute atomic E-state index is 12.3. The molecule has 2 aromatic carbocycles. The minimum Gasteiger partial charge on any atom is -0.493 e. The molecule has 0 bridgehead atoms. The van der Waals surface area contributed by atoms with Gasteiger partial charge in [0.05, 0.1) is 29.4 Å². The Morgan fingerprint density at radius 1 is 1.18 bits per heavy atom. The summed E-state index contributed by atoms with van der Waals surface area (Å²) in [4.78, 5) is 12.3. The van der Waals surface area contributed by atoms with Crippen LogP contribution in [0, 0.1) is 0 Å². The molecule has 0 saturated carbocycles. The van der Waals surface area contributed by atoms with E-state index in [1.54, 1.807) is 36.4 Å². The molecule has 0 spiro atoms. The van der Waals surface area contributed by atoms with Crippen LogP contribution < -0.4 is 14.8 Å². The van der Waals surface area contributed by atoms with Gasteiger partial charge in [-0.3, -0.25) is 4.79 Å². The van der Waals surface area contributed by atoms with Gasteiger partial charge in [0.15, 0.2) is 11.5 Å². The first-order valence-electron chi connectivity index (χ1n) is 6.63. The van der Waals surface area contributed by atoms with Crippen molar-refractivity contribution in [1.29, 1.82) is 0 Å². The minimum absolute atomic E-state index is 0.301. The van der Waals surface area contributed by atoms with Crippen LogP contribution in [0.1, 0.15) is 17.3 Å². The number of nitrogens with one attached hydrogen (secondary N) is 1. The number of carbonyl (C=O) groups is 1. The molecular weight excluding hydrogens is 325 g/mol. The molecule has 0 unspecified atom stereocenters. The zero-order valence-corrected chi connectivity index (χ0v) is 13.7. The molecule has 0 aliphatic carbocycles. The van der Waals surface area contributed by atoms with E-state index in [9.17, 15) is 4.79 Å². The fraction of sp³-hybridized carbons (Fsp3) is 0.188. The van der Waals surface area contributed by atoms with Crippen LogP contribution in [0.15, 0.2) is 36.4 Å². The molecule has 4 nitrogen and oxygen atoms in total. The average molecular weight is 340 g/mol. The summed E-state index contributed by atoms with van der Waals surface area (Å²) in [7, 11) is 1.52. The van der Waals surface area contributed by atoms with Crippen molar-refractivity contribution in [3.05, 3.63) is 52.0 Å². The van der Waals surface area contributed by atoms with Crippen LogP contribution in [-0.4, -0.2) is 19.6 Å². The average Bonchev–Trinajstić information content (AvgIpc) is 2.52. The maximum atomic E-state index is 12.3. The van der Waals surface area contributed by atoms with Crippen molar-refractivity contribution < 1.29 is 14.3 Å². The summed E-state index contributed by atoms with van der Waals surface area (Å²) in [6.07, 6.45) is 0. The van der Waals surface area contributed by atoms with Crippen molar-refractivity contribution in [2.75, 3.05) is 19.0 Å². The first kappa shape index (κ1) is 16.5. The van der Waals surface area contributed by atoms with Crippen LogP contribution in [0.3, 0.4) is 0 Å². The Morgan fingerprint density at radius 2 is 1.95 bits per heavy atom. The molecule has 0 fully saturated rings. The van der Waals surface area contributed by atoms with E-state index in [1.807, 2.05) is 6.92 Å². The van der Waals surface area contributed by atoms with Crippen molar-refractivity contribution in [2.45, 2.75) is 6.92 Å². The number of methoxy groups -OCH3 is 1. The summed E-state index contributed by atoms with van der Waals surface area (Å²) >= 11 is 12.0. The molecule has 6 heteroatoms. The van der Waals surface area contributed by atoms with Gasteiger partial charge in [-0.15, -0.1) is 0 Å². The Labute approximate surface area is 138 Å². The number of benzene rings is 2. The number of ether oxygens (including phenoxy) is 2. The Balaban J connectivity index is 2.24. The standard InChI is InChI=1S/C16H15Cl2NO3/c1-3-22-13-8-7-10(9-14(13)21-2)16(20)19-12-6-4-5-11(17)15(12)18/h4-9H,3H2,1-2H3,(H,19,20). The third kappa shape index (κ3) is 3.64. The highest BCUT2D eigenvalue weighted by molar-refractivity contribution is 6.44. The van der Waals surface area contributed by atoms with Gasteiger partial charge in [-0.1, -0.05) is 29.3 Å². The molecule has 1 amide bonds. The third-order valence-electron chi connectivity index (χ3n) is 2.93. The molecule has 2 rings (SSSR count). The second-order valence-electron chi connectivity index (χ2n) is 4.35. The molecule has 0 radical (unpaired) electrons. The lowest BCUT2D eigenvalue weighted by atomic mass is 10.2. The van der Waals surface area contributed by atoms with Crippen molar-refractivity contribution in [3.63, 3.8) is 0 Å². The lowest BCUT2D eigenvalue weighted by Gasteiger charge is -2.12. The number of halogens is 2. The van der Waals surface area contributed by atoms with E-state index in [0.29, 0.717) is 39.4 Å². The van der Waals surface area contributed by atoms with Gasteiger partial charge in [-0.25, -0.2) is 0 Å². The Hall–Kier alpha value is -1.91. The van der Waals surface area contributed by atoms with Crippen LogP contribution in [0.5, 0.6) is 11.5 Å². The number of hydrogen-bond donors (Lipinski definition) is 1. The SMILES string of the molecule is CCOc1ccc(C(=O)Nc2cccc(Cl)c2Cl)cc1OC. The van der Waals surface area contributed by atoms with E-state index in [-0.39, 0.29) is 5.91 Å². The molecular formula is C16H15Cl2NO3. The van der Waals surface area contributed by atoms with Crippen LogP contribution >= 0.6 is 23.2 Å². The quantitative estimate of drug-likeness (QED) is 0.862. The van der Waals surface area contributed by atoms with Crippen LogP contribution in [0.2, 0.25) is 10.0 Å². The smallest absolute Gasteiger partial charge is 0.255 e. The minimum atomic E-state index is -0.314. The number of amides is 1. The second kappa shape index (κ2) is 7.38. The molecule has 0 aromatic heterocycles. The van der Waals surface area contributed by atoms with Crippen molar-refractivity contribution in [1.82, 2.24) is 0 Å². The maximum Gasteiger partial charge on any atom is 0.255 e. The normalized spacial score (nSPS) is 10.2. The van der Waals surface area contributed by atoms with Crippen LogP contribution in [0.25, 0.3) is 0 Å². The van der Waals surface area contributed by atoms with Crippen LogP contribution in [-0.2, 0) is 0 Å². The molecule has 1 N–H and O–H groups in total. The van der Waals surface area contributed by atoms with E-state index in [1.165, 1.54) is 7.11 Å². The van der Waals surface area contributed by atoms with Gasteiger partial charge in [0, 0.05) is 5.56 Å². The van der Waals surface area contributed by atoms with Gasteiger partial charge in [-0.2, -0.15) is 0 Å². The number of carbonyl (C=O) groups excluding carboxylic acids is 1. The van der Waals surface area contributed by atoms with Crippen molar-refractivity contribution in [3.8, 4) is 11.5 Å². The number of hydrogen-bond acceptors (Lipinski definition) is 3. The number of rotatable bonds is 5. The lowest BCUT2D eigenvalue weighted by molar-refractivity contribution is 0.102. The largest absolute Gasteiger partial charge is 0.493 e. The van der Waals surface area contributed by atoms with Gasteiger partial charge in [0.25, 0.3) is 5.91 Å². The zero-order valence-electron chi connectivity index (χ0n) is 12.2. The van der Waals surface area contributed by atoms with Crippen molar-refractivity contribution in [2.24, 2.45) is 0 Å². The molecule has 0 aliphatic rings. The Morgan fingerprint density at radius 3 is 2.64 bits per heavy atom. The topological polar surface area (TPSA) is 47.6 Å². The van der Waals surface area contributed by atoms with Crippen LogP contribution in [0.4, 0.5) is 5.69 Å². The summed E-state index contributed by atoms with van der Waals surface area (Å²) in [5.74, 6) is 0.763. The van der Waals surface area contributed by atoms with E-state index in [2.05, 4.69) is 5.32 Å². The predicted molar refractivity (Wildman–Crippen MR) is 88.6 cm³/mol. The van der Waals surface area contributed by atoms with E-state index < -0.39 is 0 Å². The van der Waals surface area contributed by atoms with Gasteiger partial charge in [0.2, 0.25) is 0 Å². The predicted octanol–water partition coefficient (Wildman–Crippen LogP) is 4.65. The van der Waals surface area contributed by atoms with Gasteiger partial charge < -0.3 is 14.8 Å². The highest BCUT2D eigenvalue weighted by Gasteiger charge is 2.13. The molecule has 2 aromatic rings. The molecule has 0 atom stereocenters. The monoisotopic (exact) mass is 339 g/mol. The Bertz CT molecular complexity index is 689. The number of anilines is 1. The first-order chi connectivity index (χ1) is 10.6. The molecule has 0 heterocycles. The van der Waals surface area contributed by atoms with E-state index in [0.717, 1.165) is 0 Å². The molecule has 0 saturated heterocycles. The van der Waals surface area contributed by atoms with Gasteiger partial charge in [-0.05, 0) is 37.3 Å². The Kier molecular flexibility index (Phi) is 5.52. The summed E-state index contributed by atoms with van der Waals surface area (Å²) < 4.78 is 10.7. The summed E-state index contributed by atoms with van der Waals surface area (Å²) in [6.45, 7) is 2.39. The molecule has 22 heavy (non-hydrogen) atoms.